The molecule has 0 aliphatic carbocycles. The second-order valence-corrected chi connectivity index (χ2v) is 4.08. The molecule has 0 aliphatic rings. The summed E-state index contributed by atoms with van der Waals surface area (Å²) in [7, 11) is 0. The number of hydrogen-bond acceptors (Lipinski definition) is 3. The molecule has 0 atom stereocenters. The summed E-state index contributed by atoms with van der Waals surface area (Å²) in [6.45, 7) is 3.74. The predicted molar refractivity (Wildman–Crippen MR) is 74.1 cm³/mol. The maximum absolute atomic E-state index is 13.4. The summed E-state index contributed by atoms with van der Waals surface area (Å²) in [6.07, 6.45) is 0. The lowest BCUT2D eigenvalue weighted by atomic mass is 10.2. The molecule has 0 unspecified atom stereocenters. The van der Waals surface area contributed by atoms with E-state index in [0.29, 0.717) is 11.3 Å². The van der Waals surface area contributed by atoms with E-state index in [0.717, 1.165) is 0 Å². The van der Waals surface area contributed by atoms with Crippen LogP contribution in [-0.4, -0.2) is 11.0 Å². The molecule has 2 rings (SSSR count). The van der Waals surface area contributed by atoms with Gasteiger partial charge in [-0.3, -0.25) is 15.6 Å². The van der Waals surface area contributed by atoms with Crippen molar-refractivity contribution in [1.82, 2.24) is 10.9 Å². The van der Waals surface area contributed by atoms with Crippen LogP contribution < -0.4 is 10.9 Å². The first-order valence-electron chi connectivity index (χ1n) is 5.87. The van der Waals surface area contributed by atoms with Gasteiger partial charge in [0.15, 0.2) is 0 Å². The van der Waals surface area contributed by atoms with E-state index in [2.05, 4.69) is 17.4 Å². The number of phenols is 1. The fourth-order valence-corrected chi connectivity index (χ4v) is 1.58. The Bertz CT molecular complexity index is 639. The van der Waals surface area contributed by atoms with Crippen LogP contribution in [0.2, 0.25) is 0 Å². The number of rotatable bonds is 4. The number of hydrogen-bond donors (Lipinski definition) is 3. The summed E-state index contributed by atoms with van der Waals surface area (Å²) in [6, 6.07) is 12.0. The number of halogens is 1. The van der Waals surface area contributed by atoms with Gasteiger partial charge in [0.05, 0.1) is 11.3 Å². The fraction of sp³-hybridized carbons (Fsp3) is 0. The van der Waals surface area contributed by atoms with Crippen LogP contribution in [0.1, 0.15) is 15.9 Å². The lowest BCUT2D eigenvalue weighted by Gasteiger charge is -2.11. The van der Waals surface area contributed by atoms with E-state index >= 15 is 0 Å². The largest absolute Gasteiger partial charge is 0.508 e. The highest BCUT2D eigenvalue weighted by molar-refractivity contribution is 5.94. The number of amides is 1. The van der Waals surface area contributed by atoms with Gasteiger partial charge in [0.1, 0.15) is 11.6 Å². The van der Waals surface area contributed by atoms with Crippen LogP contribution in [0.4, 0.5) is 4.39 Å². The van der Waals surface area contributed by atoms with Gasteiger partial charge < -0.3 is 5.11 Å². The zero-order chi connectivity index (χ0) is 14.5. The Kier molecular flexibility index (Phi) is 4.00. The maximum atomic E-state index is 13.4. The Morgan fingerprint density at radius 1 is 1.05 bits per heavy atom. The minimum atomic E-state index is -0.595. The van der Waals surface area contributed by atoms with Crippen LogP contribution in [0.3, 0.4) is 0 Å². The normalized spacial score (nSPS) is 9.85. The lowest BCUT2D eigenvalue weighted by molar-refractivity contribution is 0.0938. The van der Waals surface area contributed by atoms with Gasteiger partial charge in [0, 0.05) is 0 Å². The molecular weight excluding hydrogens is 259 g/mol. The van der Waals surface area contributed by atoms with Gasteiger partial charge in [-0.2, -0.15) is 0 Å². The second kappa shape index (κ2) is 5.88. The molecule has 0 radical (unpaired) electrons. The van der Waals surface area contributed by atoms with E-state index in [9.17, 15) is 14.3 Å². The average molecular weight is 272 g/mol. The average Bonchev–Trinajstić information content (AvgIpc) is 2.45. The molecule has 0 aliphatic heterocycles. The van der Waals surface area contributed by atoms with Crippen LogP contribution in [0.5, 0.6) is 5.75 Å². The van der Waals surface area contributed by atoms with Crippen LogP contribution >= 0.6 is 0 Å². The van der Waals surface area contributed by atoms with Crippen molar-refractivity contribution in [2.45, 2.75) is 0 Å². The summed E-state index contributed by atoms with van der Waals surface area (Å²) < 4.78 is 13.4. The zero-order valence-electron chi connectivity index (χ0n) is 10.6. The van der Waals surface area contributed by atoms with Crippen molar-refractivity contribution < 1.29 is 14.3 Å². The lowest BCUT2D eigenvalue weighted by Crippen LogP contribution is -2.36. The van der Waals surface area contributed by atoms with Crippen LogP contribution in [0.15, 0.2) is 55.1 Å². The molecule has 0 spiro atoms. The number of hydrazine groups is 1. The van der Waals surface area contributed by atoms with E-state index in [4.69, 9.17) is 0 Å². The Balaban J connectivity index is 1.99. The molecule has 20 heavy (non-hydrogen) atoms. The van der Waals surface area contributed by atoms with Crippen molar-refractivity contribution in [1.29, 1.82) is 0 Å². The number of benzene rings is 2. The van der Waals surface area contributed by atoms with E-state index < -0.39 is 11.7 Å². The van der Waals surface area contributed by atoms with E-state index in [1.54, 1.807) is 18.2 Å². The predicted octanol–water partition coefficient (Wildman–Crippen LogP) is 2.44. The van der Waals surface area contributed by atoms with Gasteiger partial charge >= 0.3 is 0 Å². The van der Waals surface area contributed by atoms with Crippen molar-refractivity contribution in [3.8, 4) is 5.75 Å². The molecule has 4 nitrogen and oxygen atoms in total. The highest BCUT2D eigenvalue weighted by Gasteiger charge is 2.10. The van der Waals surface area contributed by atoms with Crippen molar-refractivity contribution in [2.75, 3.05) is 0 Å². The third-order valence-corrected chi connectivity index (χ3v) is 2.66. The van der Waals surface area contributed by atoms with Gasteiger partial charge in [0.25, 0.3) is 5.91 Å². The molecule has 2 aromatic rings. The maximum Gasteiger partial charge on any atom is 0.272 e. The third kappa shape index (κ3) is 3.14. The van der Waals surface area contributed by atoms with Crippen molar-refractivity contribution in [3.05, 3.63) is 72.1 Å². The number of phenolic OH excluding ortho intramolecular Hbond substituents is 1. The zero-order valence-corrected chi connectivity index (χ0v) is 10.6. The monoisotopic (exact) mass is 272 g/mol. The number of nitrogens with one attached hydrogen (secondary N) is 2. The molecular formula is C15H13FN2O2. The highest BCUT2D eigenvalue weighted by Crippen LogP contribution is 2.14. The molecule has 5 heteroatoms. The van der Waals surface area contributed by atoms with Crippen LogP contribution in [0, 0.1) is 5.82 Å². The molecule has 0 saturated heterocycles. The van der Waals surface area contributed by atoms with Crippen molar-refractivity contribution >= 4 is 11.6 Å². The molecule has 2 aromatic carbocycles. The van der Waals surface area contributed by atoms with Gasteiger partial charge in [-0.15, -0.1) is 0 Å². The topological polar surface area (TPSA) is 61.4 Å². The molecule has 0 heterocycles. The summed E-state index contributed by atoms with van der Waals surface area (Å²) in [5.74, 6) is -1.05. The molecule has 1 amide bonds. The molecule has 0 saturated carbocycles. The quantitative estimate of drug-likeness (QED) is 0.749. The third-order valence-electron chi connectivity index (χ3n) is 2.66. The first kappa shape index (κ1) is 13.6. The fourth-order valence-electron chi connectivity index (χ4n) is 1.58. The molecule has 0 fully saturated rings. The molecule has 0 bridgehead atoms. The first-order valence-corrected chi connectivity index (χ1v) is 5.87. The molecule has 0 aromatic heterocycles. The first-order chi connectivity index (χ1) is 9.58. The Morgan fingerprint density at radius 2 is 1.70 bits per heavy atom. The Morgan fingerprint density at radius 3 is 2.35 bits per heavy atom. The van der Waals surface area contributed by atoms with Gasteiger partial charge in [-0.1, -0.05) is 18.7 Å². The van der Waals surface area contributed by atoms with Crippen LogP contribution in [0.25, 0.3) is 5.70 Å². The Hall–Kier alpha value is -2.82. The molecule has 102 valence electrons. The summed E-state index contributed by atoms with van der Waals surface area (Å²) in [5, 5.41) is 9.17. The number of aromatic hydroxyl groups is 1. The van der Waals surface area contributed by atoms with Crippen LogP contribution in [-0.2, 0) is 0 Å². The molecule has 3 N–H and O–H groups in total. The number of carbonyl (C=O) groups is 1. The summed E-state index contributed by atoms with van der Waals surface area (Å²) in [4.78, 5) is 11.8. The van der Waals surface area contributed by atoms with E-state index in [-0.39, 0.29) is 11.3 Å². The standard InChI is InChI=1S/C15H13FN2O2/c1-10(11-6-8-12(19)9-7-11)17-18-15(20)13-4-2-3-5-14(13)16/h2-9,17,19H,1H2,(H,18,20). The SMILES string of the molecule is C=C(NNC(=O)c1ccccc1F)c1ccc(O)cc1. The van der Waals surface area contributed by atoms with Gasteiger partial charge in [-0.05, 0) is 42.0 Å². The van der Waals surface area contributed by atoms with E-state index in [1.807, 2.05) is 0 Å². The minimum absolute atomic E-state index is 0.0569. The summed E-state index contributed by atoms with van der Waals surface area (Å²) in [5.41, 5.74) is 6.02. The van der Waals surface area contributed by atoms with E-state index in [1.165, 1.54) is 30.3 Å². The van der Waals surface area contributed by atoms with Crippen molar-refractivity contribution in [3.63, 3.8) is 0 Å². The number of carbonyl (C=O) groups excluding carboxylic acids is 1. The smallest absolute Gasteiger partial charge is 0.272 e. The van der Waals surface area contributed by atoms with Gasteiger partial charge in [0.2, 0.25) is 0 Å². The van der Waals surface area contributed by atoms with Crippen molar-refractivity contribution in [2.24, 2.45) is 0 Å². The summed E-state index contributed by atoms with van der Waals surface area (Å²) >= 11 is 0. The Labute approximate surface area is 115 Å². The minimum Gasteiger partial charge on any atom is -0.508 e. The van der Waals surface area contributed by atoms with Gasteiger partial charge in [-0.25, -0.2) is 4.39 Å². The highest BCUT2D eigenvalue weighted by atomic mass is 19.1. The second-order valence-electron chi connectivity index (χ2n) is 4.08.